The molecule has 128 valence electrons. The van der Waals surface area contributed by atoms with Gasteiger partial charge < -0.3 is 9.69 Å². The number of carbonyl (C=O) groups is 1. The molecule has 3 rings (SSSR count). The number of carbonyl (C=O) groups excluding carboxylic acids is 1. The second-order valence-corrected chi connectivity index (χ2v) is 7.08. The van der Waals surface area contributed by atoms with Crippen LogP contribution in [0.3, 0.4) is 0 Å². The van der Waals surface area contributed by atoms with E-state index in [1.54, 1.807) is 12.3 Å². The van der Waals surface area contributed by atoms with Crippen LogP contribution in [0.15, 0.2) is 36.5 Å². The molecule has 4 nitrogen and oxygen atoms in total. The number of aromatic nitrogens is 2. The predicted molar refractivity (Wildman–Crippen MR) is 99.8 cm³/mol. The highest BCUT2D eigenvalue weighted by atomic mass is 35.5. The molecule has 0 aliphatic rings. The monoisotopic (exact) mass is 375 g/mol. The normalized spacial score (nSPS) is 10.7. The fraction of sp³-hybridized carbons (Fsp3) is 0.167. The number of nitrogens with zero attached hydrogens (tertiary/aromatic N) is 3. The van der Waals surface area contributed by atoms with Gasteiger partial charge in [0, 0.05) is 42.7 Å². The van der Waals surface area contributed by atoms with Crippen LogP contribution in [0.25, 0.3) is 21.8 Å². The zero-order valence-electron chi connectivity index (χ0n) is 13.7. The van der Waals surface area contributed by atoms with Crippen molar-refractivity contribution in [2.24, 2.45) is 0 Å². The van der Waals surface area contributed by atoms with Crippen LogP contribution in [0.4, 0.5) is 10.2 Å². The summed E-state index contributed by atoms with van der Waals surface area (Å²) in [4.78, 5) is 22.7. The molecule has 25 heavy (non-hydrogen) atoms. The van der Waals surface area contributed by atoms with Gasteiger partial charge in [0.05, 0.1) is 10.7 Å². The average Bonchev–Trinajstić information content (AvgIpc) is 3.02. The maximum absolute atomic E-state index is 13.8. The fourth-order valence-corrected chi connectivity index (χ4v) is 3.47. The van der Waals surface area contributed by atoms with Crippen molar-refractivity contribution in [2.75, 3.05) is 19.0 Å². The Kier molecular flexibility index (Phi) is 5.11. The molecule has 1 aromatic carbocycles. The van der Waals surface area contributed by atoms with Crippen molar-refractivity contribution in [2.45, 2.75) is 6.42 Å². The van der Waals surface area contributed by atoms with Gasteiger partial charge in [0.25, 0.3) is 0 Å². The number of aldehydes is 1. The number of benzene rings is 1. The molecule has 0 radical (unpaired) electrons. The molecule has 0 amide bonds. The van der Waals surface area contributed by atoms with E-state index in [-0.39, 0.29) is 11.4 Å². The van der Waals surface area contributed by atoms with Gasteiger partial charge in [-0.2, -0.15) is 0 Å². The summed E-state index contributed by atoms with van der Waals surface area (Å²) in [6.07, 6.45) is 2.78. The van der Waals surface area contributed by atoms with Crippen molar-refractivity contribution in [1.82, 2.24) is 9.97 Å². The van der Waals surface area contributed by atoms with Crippen LogP contribution in [0, 0.1) is 5.82 Å². The second kappa shape index (κ2) is 7.29. The third-order valence-corrected chi connectivity index (χ3v) is 5.05. The van der Waals surface area contributed by atoms with Crippen LogP contribution >= 0.6 is 22.9 Å². The maximum Gasteiger partial charge on any atom is 0.142 e. The Balaban J connectivity index is 2.04. The lowest BCUT2D eigenvalue weighted by molar-refractivity contribution is -0.107. The van der Waals surface area contributed by atoms with Gasteiger partial charge in [0.2, 0.25) is 0 Å². The quantitative estimate of drug-likeness (QED) is 0.617. The summed E-state index contributed by atoms with van der Waals surface area (Å²) in [5.74, 6) is 0.330. The van der Waals surface area contributed by atoms with E-state index < -0.39 is 5.82 Å². The van der Waals surface area contributed by atoms with Gasteiger partial charge in [0.15, 0.2) is 0 Å². The molecule has 0 bridgehead atoms. The molecule has 0 unspecified atom stereocenters. The van der Waals surface area contributed by atoms with E-state index in [0.717, 1.165) is 27.6 Å². The molecular weight excluding hydrogens is 361 g/mol. The Bertz CT molecular complexity index is 909. The van der Waals surface area contributed by atoms with E-state index in [2.05, 4.69) is 9.97 Å². The number of hydrogen-bond acceptors (Lipinski definition) is 5. The number of thiazole rings is 1. The highest BCUT2D eigenvalue weighted by Gasteiger charge is 2.16. The summed E-state index contributed by atoms with van der Waals surface area (Å²) < 4.78 is 13.8. The van der Waals surface area contributed by atoms with Crippen molar-refractivity contribution in [3.63, 3.8) is 0 Å². The SMILES string of the molecule is CN(C)c1ccc(-c2nc(-c3ccc(Cl)c(F)c3)c(CC=O)s2)cn1. The number of pyridine rings is 1. The smallest absolute Gasteiger partial charge is 0.142 e. The summed E-state index contributed by atoms with van der Waals surface area (Å²) in [6, 6.07) is 8.36. The highest BCUT2D eigenvalue weighted by molar-refractivity contribution is 7.15. The molecule has 3 aromatic rings. The zero-order chi connectivity index (χ0) is 18.0. The van der Waals surface area contributed by atoms with Gasteiger partial charge in [-0.15, -0.1) is 11.3 Å². The predicted octanol–water partition coefficient (Wildman–Crippen LogP) is 4.47. The lowest BCUT2D eigenvalue weighted by Gasteiger charge is -2.10. The van der Waals surface area contributed by atoms with Gasteiger partial charge in [-0.05, 0) is 24.3 Å². The third kappa shape index (κ3) is 3.70. The van der Waals surface area contributed by atoms with E-state index in [1.807, 2.05) is 31.1 Å². The van der Waals surface area contributed by atoms with Crippen molar-refractivity contribution in [1.29, 1.82) is 0 Å². The first-order valence-corrected chi connectivity index (χ1v) is 8.71. The minimum Gasteiger partial charge on any atom is -0.363 e. The van der Waals surface area contributed by atoms with E-state index >= 15 is 0 Å². The van der Waals surface area contributed by atoms with Gasteiger partial charge in [-0.1, -0.05) is 17.7 Å². The molecule has 0 fully saturated rings. The van der Waals surface area contributed by atoms with E-state index in [1.165, 1.54) is 23.5 Å². The molecule has 0 N–H and O–H groups in total. The summed E-state index contributed by atoms with van der Waals surface area (Å²) in [6.45, 7) is 0. The molecule has 0 saturated carbocycles. The Morgan fingerprint density at radius 3 is 2.60 bits per heavy atom. The molecule has 0 atom stereocenters. The summed E-state index contributed by atoms with van der Waals surface area (Å²) in [7, 11) is 3.83. The Hall–Kier alpha value is -2.31. The van der Waals surface area contributed by atoms with Crippen LogP contribution in [-0.2, 0) is 11.2 Å². The zero-order valence-corrected chi connectivity index (χ0v) is 15.2. The van der Waals surface area contributed by atoms with Crippen molar-refractivity contribution >= 4 is 35.0 Å². The molecule has 0 aliphatic carbocycles. The lowest BCUT2D eigenvalue weighted by atomic mass is 10.1. The standard InChI is InChI=1S/C18H15ClFN3OS/c1-23(2)16-6-4-12(10-21-16)18-22-17(15(25-18)7-8-24)11-3-5-13(19)14(20)9-11/h3-6,8-10H,7H2,1-2H3. The maximum atomic E-state index is 13.8. The molecule has 0 aliphatic heterocycles. The fourth-order valence-electron chi connectivity index (χ4n) is 2.34. The number of hydrogen-bond donors (Lipinski definition) is 0. The molecule has 0 spiro atoms. The van der Waals surface area contributed by atoms with Gasteiger partial charge in [-0.25, -0.2) is 14.4 Å². The molecule has 7 heteroatoms. The van der Waals surface area contributed by atoms with Crippen LogP contribution in [0.2, 0.25) is 5.02 Å². The van der Waals surface area contributed by atoms with Gasteiger partial charge in [0.1, 0.15) is 22.9 Å². The van der Waals surface area contributed by atoms with E-state index in [4.69, 9.17) is 11.6 Å². The van der Waals surface area contributed by atoms with Crippen LogP contribution < -0.4 is 4.90 Å². The summed E-state index contributed by atoms with van der Waals surface area (Å²) >= 11 is 7.15. The Morgan fingerprint density at radius 1 is 1.24 bits per heavy atom. The van der Waals surface area contributed by atoms with Crippen molar-refractivity contribution in [3.8, 4) is 21.8 Å². The van der Waals surface area contributed by atoms with Crippen LogP contribution in [-0.4, -0.2) is 30.3 Å². The van der Waals surface area contributed by atoms with Gasteiger partial charge >= 0.3 is 0 Å². The van der Waals surface area contributed by atoms with E-state index in [0.29, 0.717) is 11.3 Å². The molecular formula is C18H15ClFN3OS. The van der Waals surface area contributed by atoms with Crippen molar-refractivity contribution < 1.29 is 9.18 Å². The second-order valence-electron chi connectivity index (χ2n) is 5.59. The molecule has 2 heterocycles. The first-order valence-electron chi connectivity index (χ1n) is 7.52. The van der Waals surface area contributed by atoms with Gasteiger partial charge in [-0.3, -0.25) is 0 Å². The Morgan fingerprint density at radius 2 is 2.00 bits per heavy atom. The van der Waals surface area contributed by atoms with E-state index in [9.17, 15) is 9.18 Å². The highest BCUT2D eigenvalue weighted by Crippen LogP contribution is 2.35. The Labute approximate surface area is 153 Å². The number of halogens is 2. The lowest BCUT2D eigenvalue weighted by Crippen LogP contribution is -2.09. The average molecular weight is 376 g/mol. The number of rotatable bonds is 5. The topological polar surface area (TPSA) is 46.1 Å². The van der Waals surface area contributed by atoms with Crippen LogP contribution in [0.1, 0.15) is 4.88 Å². The molecule has 2 aromatic heterocycles. The largest absolute Gasteiger partial charge is 0.363 e. The minimum atomic E-state index is -0.511. The summed E-state index contributed by atoms with van der Waals surface area (Å²) in [5.41, 5.74) is 2.04. The van der Waals surface area contributed by atoms with Crippen molar-refractivity contribution in [3.05, 3.63) is 52.2 Å². The first kappa shape index (κ1) is 17.5. The third-order valence-electron chi connectivity index (χ3n) is 3.61. The van der Waals surface area contributed by atoms with Crippen LogP contribution in [0.5, 0.6) is 0 Å². The number of anilines is 1. The minimum absolute atomic E-state index is 0.0552. The summed E-state index contributed by atoms with van der Waals surface area (Å²) in [5, 5.41) is 0.791. The first-order chi connectivity index (χ1) is 12.0. The molecule has 0 saturated heterocycles.